The molecule has 0 saturated heterocycles. The first-order valence-electron chi connectivity index (χ1n) is 7.77. The van der Waals surface area contributed by atoms with Gasteiger partial charge in [-0.25, -0.2) is 4.99 Å². The summed E-state index contributed by atoms with van der Waals surface area (Å²) < 4.78 is 2.18. The van der Waals surface area contributed by atoms with Crippen molar-refractivity contribution in [2.45, 2.75) is 6.67 Å². The number of benzene rings is 1. The lowest BCUT2D eigenvalue weighted by molar-refractivity contribution is -0.384. The number of nitrogens with zero attached hydrogens (tertiary/aromatic N) is 5. The highest BCUT2D eigenvalue weighted by atomic mass is 32.1. The molecule has 0 bridgehead atoms. The monoisotopic (exact) mass is 367 g/mol. The number of hydrogen-bond donors (Lipinski definition) is 0. The summed E-state index contributed by atoms with van der Waals surface area (Å²) in [7, 11) is 0. The highest BCUT2D eigenvalue weighted by Gasteiger charge is 2.17. The van der Waals surface area contributed by atoms with Gasteiger partial charge in [0.15, 0.2) is 4.80 Å². The minimum atomic E-state index is -0.436. The molecule has 3 aromatic rings. The molecule has 0 aliphatic carbocycles. The van der Waals surface area contributed by atoms with E-state index in [1.165, 1.54) is 23.5 Å². The van der Waals surface area contributed by atoms with Gasteiger partial charge in [0.25, 0.3) is 11.2 Å². The van der Waals surface area contributed by atoms with Gasteiger partial charge in [-0.1, -0.05) is 17.4 Å². The normalized spacial score (nSPS) is 14.0. The molecule has 1 aliphatic rings. The molecule has 0 saturated carbocycles. The van der Waals surface area contributed by atoms with Crippen LogP contribution in [-0.4, -0.2) is 21.1 Å². The number of fused-ring (bicyclic) bond motifs is 1. The Morgan fingerprint density at radius 1 is 1.23 bits per heavy atom. The van der Waals surface area contributed by atoms with E-state index in [2.05, 4.69) is 9.98 Å². The lowest BCUT2D eigenvalue weighted by Gasteiger charge is -2.25. The summed E-state index contributed by atoms with van der Waals surface area (Å²) in [5, 5.41) is 11.0. The molecule has 0 N–H and O–H groups in total. The maximum atomic E-state index is 12.7. The van der Waals surface area contributed by atoms with Crippen LogP contribution in [0.4, 0.5) is 11.4 Å². The van der Waals surface area contributed by atoms with Gasteiger partial charge >= 0.3 is 0 Å². The van der Waals surface area contributed by atoms with Crippen molar-refractivity contribution in [1.82, 2.24) is 9.55 Å². The maximum Gasteiger partial charge on any atom is 0.271 e. The summed E-state index contributed by atoms with van der Waals surface area (Å²) in [5.41, 5.74) is 1.44. The zero-order valence-electron chi connectivity index (χ0n) is 13.5. The van der Waals surface area contributed by atoms with Gasteiger partial charge < -0.3 is 4.90 Å². The minimum absolute atomic E-state index is 0.0117. The van der Waals surface area contributed by atoms with E-state index in [1.807, 2.05) is 23.1 Å². The van der Waals surface area contributed by atoms with E-state index in [1.54, 1.807) is 29.1 Å². The number of nitro groups is 1. The average molecular weight is 367 g/mol. The van der Waals surface area contributed by atoms with Gasteiger partial charge in [-0.15, -0.1) is 0 Å². The van der Waals surface area contributed by atoms with E-state index >= 15 is 0 Å². The topological polar surface area (TPSA) is 93.6 Å². The third-order valence-corrected chi connectivity index (χ3v) is 5.03. The van der Waals surface area contributed by atoms with Crippen LogP contribution < -0.4 is 19.8 Å². The first kappa shape index (κ1) is 16.2. The van der Waals surface area contributed by atoms with Crippen molar-refractivity contribution in [2.75, 3.05) is 11.6 Å². The molecule has 2 aromatic heterocycles. The van der Waals surface area contributed by atoms with Gasteiger partial charge in [-0.3, -0.25) is 24.5 Å². The van der Waals surface area contributed by atoms with E-state index in [0.29, 0.717) is 28.4 Å². The van der Waals surface area contributed by atoms with Crippen molar-refractivity contribution >= 4 is 28.8 Å². The molecule has 0 spiro atoms. The highest BCUT2D eigenvalue weighted by molar-refractivity contribution is 7.07. The third kappa shape index (κ3) is 3.00. The molecule has 0 atom stereocenters. The Kier molecular flexibility index (Phi) is 4.05. The van der Waals surface area contributed by atoms with Crippen LogP contribution in [0.25, 0.3) is 6.08 Å². The van der Waals surface area contributed by atoms with Gasteiger partial charge in [0.1, 0.15) is 13.3 Å². The lowest BCUT2D eigenvalue weighted by Crippen LogP contribution is -2.42. The standard InChI is InChI=1S/C17H13N5O3S/c23-16-15(8-12-4-6-18-7-5-12)26-17-19-10-20(11-21(16)17)13-2-1-3-14(9-13)22(24)25/h1-9H,10-11H2. The van der Waals surface area contributed by atoms with Crippen molar-refractivity contribution in [2.24, 2.45) is 4.99 Å². The molecule has 26 heavy (non-hydrogen) atoms. The molecule has 130 valence electrons. The predicted octanol–water partition coefficient (Wildman–Crippen LogP) is 1.10. The lowest BCUT2D eigenvalue weighted by atomic mass is 10.2. The molecule has 4 rings (SSSR count). The number of aromatic nitrogens is 2. The van der Waals surface area contributed by atoms with Gasteiger partial charge in [0.05, 0.1) is 9.46 Å². The Hall–Kier alpha value is -3.33. The smallest absolute Gasteiger partial charge is 0.271 e. The minimum Gasteiger partial charge on any atom is -0.333 e. The number of anilines is 1. The van der Waals surface area contributed by atoms with Crippen molar-refractivity contribution in [3.05, 3.63) is 84.2 Å². The Morgan fingerprint density at radius 3 is 2.81 bits per heavy atom. The largest absolute Gasteiger partial charge is 0.333 e. The first-order valence-corrected chi connectivity index (χ1v) is 8.59. The van der Waals surface area contributed by atoms with Crippen LogP contribution in [0.3, 0.4) is 0 Å². The fourth-order valence-electron chi connectivity index (χ4n) is 2.69. The molecule has 1 aliphatic heterocycles. The molecule has 8 nitrogen and oxygen atoms in total. The number of non-ortho nitro benzene ring substituents is 1. The Morgan fingerprint density at radius 2 is 2.04 bits per heavy atom. The summed E-state index contributed by atoms with van der Waals surface area (Å²) in [4.78, 5) is 34.1. The van der Waals surface area contributed by atoms with E-state index in [9.17, 15) is 14.9 Å². The zero-order chi connectivity index (χ0) is 18.1. The molecular weight excluding hydrogens is 354 g/mol. The molecule has 0 amide bonds. The molecule has 0 unspecified atom stereocenters. The summed E-state index contributed by atoms with van der Waals surface area (Å²) in [6, 6.07) is 9.98. The Labute approximate surface area is 151 Å². The number of nitro benzene ring substituents is 1. The van der Waals surface area contributed by atoms with Crippen LogP contribution in [0.5, 0.6) is 0 Å². The molecule has 9 heteroatoms. The Balaban J connectivity index is 1.70. The van der Waals surface area contributed by atoms with Crippen LogP contribution >= 0.6 is 11.3 Å². The zero-order valence-corrected chi connectivity index (χ0v) is 14.3. The van der Waals surface area contributed by atoms with E-state index < -0.39 is 4.92 Å². The number of hydrogen-bond acceptors (Lipinski definition) is 7. The first-order chi connectivity index (χ1) is 12.6. The van der Waals surface area contributed by atoms with E-state index in [0.717, 1.165) is 5.56 Å². The fraction of sp³-hybridized carbons (Fsp3) is 0.118. The molecule has 3 heterocycles. The van der Waals surface area contributed by atoms with Crippen molar-refractivity contribution < 1.29 is 4.92 Å². The summed E-state index contributed by atoms with van der Waals surface area (Å²) in [5.74, 6) is 0. The van der Waals surface area contributed by atoms with Gasteiger partial charge in [0.2, 0.25) is 0 Å². The van der Waals surface area contributed by atoms with Gasteiger partial charge in [-0.2, -0.15) is 0 Å². The number of pyridine rings is 1. The average Bonchev–Trinajstić information content (AvgIpc) is 2.98. The van der Waals surface area contributed by atoms with Crippen molar-refractivity contribution in [1.29, 1.82) is 0 Å². The second-order valence-electron chi connectivity index (χ2n) is 5.66. The summed E-state index contributed by atoms with van der Waals surface area (Å²) >= 11 is 1.33. The van der Waals surface area contributed by atoms with Crippen LogP contribution in [-0.2, 0) is 6.67 Å². The Bertz CT molecular complexity index is 1150. The summed E-state index contributed by atoms with van der Waals surface area (Å²) in [6.07, 6.45) is 5.16. The number of rotatable bonds is 3. The predicted molar refractivity (Wildman–Crippen MR) is 97.6 cm³/mol. The van der Waals surface area contributed by atoms with Gasteiger partial charge in [0, 0.05) is 30.2 Å². The molecular formula is C17H13N5O3S. The highest BCUT2D eigenvalue weighted by Crippen LogP contribution is 2.21. The van der Waals surface area contributed by atoms with Gasteiger partial charge in [-0.05, 0) is 29.8 Å². The number of thiazole rings is 1. The van der Waals surface area contributed by atoms with E-state index in [4.69, 9.17) is 0 Å². The second-order valence-corrected chi connectivity index (χ2v) is 6.67. The molecule has 0 fully saturated rings. The van der Waals surface area contributed by atoms with Crippen LogP contribution in [0.15, 0.2) is 58.6 Å². The molecule has 0 radical (unpaired) electrons. The SMILES string of the molecule is O=c1c(=Cc2ccncc2)sc2n1CN(c1cccc([N+](=O)[O-])c1)CN=2. The van der Waals surface area contributed by atoms with E-state index in [-0.39, 0.29) is 11.2 Å². The molecule has 1 aromatic carbocycles. The quantitative estimate of drug-likeness (QED) is 0.510. The van der Waals surface area contributed by atoms with Crippen LogP contribution in [0.2, 0.25) is 0 Å². The van der Waals surface area contributed by atoms with Crippen molar-refractivity contribution in [3.8, 4) is 0 Å². The maximum absolute atomic E-state index is 12.7. The van der Waals surface area contributed by atoms with Crippen molar-refractivity contribution in [3.63, 3.8) is 0 Å². The fourth-order valence-corrected chi connectivity index (χ4v) is 3.65. The summed E-state index contributed by atoms with van der Waals surface area (Å²) in [6.45, 7) is 0.648. The van der Waals surface area contributed by atoms with Crippen LogP contribution in [0, 0.1) is 10.1 Å². The second kappa shape index (κ2) is 6.52. The van der Waals surface area contributed by atoms with Crippen LogP contribution in [0.1, 0.15) is 5.56 Å². The third-order valence-electron chi connectivity index (χ3n) is 3.99.